The van der Waals surface area contributed by atoms with Crippen molar-refractivity contribution in [2.75, 3.05) is 20.8 Å². The van der Waals surface area contributed by atoms with Crippen LogP contribution in [0.25, 0.3) is 0 Å². The number of nitrogens with one attached hydrogen (secondary N) is 1. The van der Waals surface area contributed by atoms with Gasteiger partial charge >= 0.3 is 5.97 Å². The van der Waals surface area contributed by atoms with Crippen molar-refractivity contribution < 1.29 is 28.6 Å². The zero-order valence-corrected chi connectivity index (χ0v) is 18.9. The number of amides is 1. The van der Waals surface area contributed by atoms with Crippen LogP contribution >= 0.6 is 0 Å². The molecule has 1 N–H and O–H groups in total. The lowest BCUT2D eigenvalue weighted by Gasteiger charge is -2.38. The van der Waals surface area contributed by atoms with E-state index in [0.717, 1.165) is 5.56 Å². The van der Waals surface area contributed by atoms with Crippen molar-refractivity contribution >= 4 is 17.7 Å². The molecule has 1 aliphatic heterocycles. The molecule has 0 bridgehead atoms. The molecule has 0 saturated carbocycles. The molecule has 7 nitrogen and oxygen atoms in total. The highest BCUT2D eigenvalue weighted by atomic mass is 16.5. The lowest BCUT2D eigenvalue weighted by atomic mass is 9.68. The van der Waals surface area contributed by atoms with Crippen molar-refractivity contribution in [3.05, 3.63) is 70.9 Å². The Morgan fingerprint density at radius 3 is 2.42 bits per heavy atom. The van der Waals surface area contributed by atoms with Crippen LogP contribution in [0.1, 0.15) is 42.7 Å². The summed E-state index contributed by atoms with van der Waals surface area (Å²) in [7, 11) is 3.06. The SMILES string of the molecule is CCOC(=O)[C@H]1C(=O)C2=C(C[C@H]1c1ccccc1)NC(=O)C[C@H]2c1cccc(OC)c1OC. The van der Waals surface area contributed by atoms with Gasteiger partial charge in [0, 0.05) is 35.1 Å². The molecule has 7 heteroatoms. The van der Waals surface area contributed by atoms with E-state index in [1.807, 2.05) is 36.4 Å². The predicted octanol–water partition coefficient (Wildman–Crippen LogP) is 3.50. The Morgan fingerprint density at radius 1 is 1.00 bits per heavy atom. The fourth-order valence-corrected chi connectivity index (χ4v) is 4.92. The number of allylic oxidation sites excluding steroid dienone is 2. The van der Waals surface area contributed by atoms with E-state index in [-0.39, 0.29) is 24.7 Å². The van der Waals surface area contributed by atoms with Crippen LogP contribution in [0.15, 0.2) is 59.8 Å². The van der Waals surface area contributed by atoms with Crippen molar-refractivity contribution in [2.24, 2.45) is 5.92 Å². The van der Waals surface area contributed by atoms with Crippen LogP contribution in [0.4, 0.5) is 0 Å². The number of para-hydroxylation sites is 1. The normalized spacial score (nSPS) is 22.3. The lowest BCUT2D eigenvalue weighted by molar-refractivity contribution is -0.152. The molecule has 4 rings (SSSR count). The molecule has 0 fully saturated rings. The van der Waals surface area contributed by atoms with Crippen LogP contribution in [0.3, 0.4) is 0 Å². The molecule has 0 spiro atoms. The van der Waals surface area contributed by atoms with Crippen LogP contribution < -0.4 is 14.8 Å². The van der Waals surface area contributed by atoms with Gasteiger partial charge in [0.25, 0.3) is 0 Å². The van der Waals surface area contributed by atoms with Gasteiger partial charge in [-0.1, -0.05) is 42.5 Å². The molecule has 2 aliphatic rings. The number of carbonyl (C=O) groups is 3. The summed E-state index contributed by atoms with van der Waals surface area (Å²) >= 11 is 0. The van der Waals surface area contributed by atoms with E-state index in [9.17, 15) is 14.4 Å². The number of benzene rings is 2. The Morgan fingerprint density at radius 2 is 1.76 bits per heavy atom. The van der Waals surface area contributed by atoms with E-state index in [1.165, 1.54) is 14.2 Å². The maximum absolute atomic E-state index is 13.9. The molecular formula is C26H27NO6. The van der Waals surface area contributed by atoms with Crippen LogP contribution in [-0.2, 0) is 19.1 Å². The van der Waals surface area contributed by atoms with E-state index in [1.54, 1.807) is 19.1 Å². The van der Waals surface area contributed by atoms with Crippen molar-refractivity contribution in [1.82, 2.24) is 5.32 Å². The van der Waals surface area contributed by atoms with Gasteiger partial charge < -0.3 is 19.5 Å². The fraction of sp³-hybridized carbons (Fsp3) is 0.346. The zero-order chi connectivity index (χ0) is 23.5. The summed E-state index contributed by atoms with van der Waals surface area (Å²) in [6.07, 6.45) is 0.419. The molecule has 0 aromatic heterocycles. The maximum Gasteiger partial charge on any atom is 0.317 e. The number of Topliss-reactive ketones (excluding diaryl/α,β-unsaturated/α-hetero) is 1. The van der Waals surface area contributed by atoms with E-state index in [0.29, 0.717) is 34.8 Å². The molecule has 1 amide bonds. The first kappa shape index (κ1) is 22.6. The summed E-state index contributed by atoms with van der Waals surface area (Å²) in [5.41, 5.74) is 2.52. The van der Waals surface area contributed by atoms with Crippen LogP contribution in [0.5, 0.6) is 11.5 Å². The van der Waals surface area contributed by atoms with Gasteiger partial charge in [-0.25, -0.2) is 0 Å². The topological polar surface area (TPSA) is 90.9 Å². The Labute approximate surface area is 192 Å². The van der Waals surface area contributed by atoms with Gasteiger partial charge in [0.1, 0.15) is 5.92 Å². The summed E-state index contributed by atoms with van der Waals surface area (Å²) in [6.45, 7) is 1.90. The van der Waals surface area contributed by atoms with Gasteiger partial charge in [0.15, 0.2) is 17.3 Å². The second-order valence-corrected chi connectivity index (χ2v) is 8.10. The largest absolute Gasteiger partial charge is 0.493 e. The average Bonchev–Trinajstić information content (AvgIpc) is 2.83. The first-order valence-electron chi connectivity index (χ1n) is 11.0. The molecule has 33 heavy (non-hydrogen) atoms. The molecule has 3 atom stereocenters. The summed E-state index contributed by atoms with van der Waals surface area (Å²) in [4.78, 5) is 39.6. The number of rotatable bonds is 6. The quantitative estimate of drug-likeness (QED) is 0.536. The molecule has 0 radical (unpaired) electrons. The first-order chi connectivity index (χ1) is 16.0. The molecule has 0 unspecified atom stereocenters. The van der Waals surface area contributed by atoms with Gasteiger partial charge in [0.05, 0.1) is 20.8 Å². The summed E-state index contributed by atoms with van der Waals surface area (Å²) in [5, 5.41) is 2.90. The number of ether oxygens (including phenoxy) is 3. The van der Waals surface area contributed by atoms with Crippen LogP contribution in [0.2, 0.25) is 0 Å². The average molecular weight is 450 g/mol. The second-order valence-electron chi connectivity index (χ2n) is 8.10. The van der Waals surface area contributed by atoms with Crippen molar-refractivity contribution in [3.8, 4) is 11.5 Å². The summed E-state index contributed by atoms with van der Waals surface area (Å²) in [6, 6.07) is 14.8. The minimum atomic E-state index is -0.986. The second kappa shape index (κ2) is 9.48. The van der Waals surface area contributed by atoms with Gasteiger partial charge in [0.2, 0.25) is 5.91 Å². The molecule has 0 saturated heterocycles. The van der Waals surface area contributed by atoms with E-state index in [2.05, 4.69) is 5.32 Å². The minimum Gasteiger partial charge on any atom is -0.493 e. The summed E-state index contributed by atoms with van der Waals surface area (Å²) < 4.78 is 16.3. The molecule has 2 aromatic carbocycles. The number of ketones is 1. The fourth-order valence-electron chi connectivity index (χ4n) is 4.92. The molecule has 2 aromatic rings. The number of hydrogen-bond acceptors (Lipinski definition) is 6. The van der Waals surface area contributed by atoms with Crippen LogP contribution in [0, 0.1) is 5.92 Å². The molecule has 1 heterocycles. The van der Waals surface area contributed by atoms with Crippen molar-refractivity contribution in [3.63, 3.8) is 0 Å². The van der Waals surface area contributed by atoms with Crippen LogP contribution in [-0.4, -0.2) is 38.5 Å². The highest BCUT2D eigenvalue weighted by Gasteiger charge is 2.48. The Bertz CT molecular complexity index is 1110. The number of hydrogen-bond donors (Lipinski definition) is 1. The van der Waals surface area contributed by atoms with Gasteiger partial charge in [-0.3, -0.25) is 14.4 Å². The Balaban J connectivity index is 1.86. The lowest BCUT2D eigenvalue weighted by Crippen LogP contribution is -2.44. The number of methoxy groups -OCH3 is 2. The van der Waals surface area contributed by atoms with Crippen molar-refractivity contribution in [2.45, 2.75) is 31.6 Å². The smallest absolute Gasteiger partial charge is 0.317 e. The molecular weight excluding hydrogens is 422 g/mol. The third-order valence-corrected chi connectivity index (χ3v) is 6.30. The Kier molecular flexibility index (Phi) is 6.49. The van der Waals surface area contributed by atoms with Gasteiger partial charge in [-0.05, 0) is 25.0 Å². The van der Waals surface area contributed by atoms with Crippen molar-refractivity contribution in [1.29, 1.82) is 0 Å². The predicted molar refractivity (Wildman–Crippen MR) is 121 cm³/mol. The Hall–Kier alpha value is -3.61. The third-order valence-electron chi connectivity index (χ3n) is 6.30. The number of carbonyl (C=O) groups excluding carboxylic acids is 3. The highest BCUT2D eigenvalue weighted by molar-refractivity contribution is 6.12. The van der Waals surface area contributed by atoms with E-state index >= 15 is 0 Å². The zero-order valence-electron chi connectivity index (χ0n) is 18.9. The van der Waals surface area contributed by atoms with E-state index in [4.69, 9.17) is 14.2 Å². The summed E-state index contributed by atoms with van der Waals surface area (Å²) in [5.74, 6) is -2.04. The van der Waals surface area contributed by atoms with Gasteiger partial charge in [-0.15, -0.1) is 0 Å². The molecule has 1 aliphatic carbocycles. The monoisotopic (exact) mass is 449 g/mol. The standard InChI is InChI=1S/C26H27NO6/c1-4-33-26(30)23-17(15-9-6-5-7-10-15)13-19-22(24(23)29)18(14-21(28)27-19)16-11-8-12-20(31-2)25(16)32-3/h5-12,17-18,23H,4,13-14H2,1-3H3,(H,27,28)/t17-,18-,23+/m0/s1. The first-order valence-corrected chi connectivity index (χ1v) is 11.0. The van der Waals surface area contributed by atoms with E-state index < -0.39 is 23.7 Å². The van der Waals surface area contributed by atoms with Gasteiger partial charge in [-0.2, -0.15) is 0 Å². The molecule has 172 valence electrons. The highest BCUT2D eigenvalue weighted by Crippen LogP contribution is 2.48. The minimum absolute atomic E-state index is 0.0691. The number of esters is 1. The maximum atomic E-state index is 13.9. The third kappa shape index (κ3) is 4.11.